The van der Waals surface area contributed by atoms with Crippen molar-refractivity contribution in [2.45, 2.75) is 6.54 Å². The zero-order valence-corrected chi connectivity index (χ0v) is 9.80. The maximum absolute atomic E-state index is 10.7. The molecule has 0 radical (unpaired) electrons. The number of nitrogens with zero attached hydrogens (tertiary/aromatic N) is 3. The maximum Gasteiger partial charge on any atom is 0.166 e. The molecule has 4 heteroatoms. The highest BCUT2D eigenvalue weighted by molar-refractivity contribution is 5.72. The van der Waals surface area contributed by atoms with Crippen LogP contribution in [0.3, 0.4) is 0 Å². The van der Waals surface area contributed by atoms with Crippen molar-refractivity contribution in [3.05, 3.63) is 24.0 Å². The van der Waals surface area contributed by atoms with Crippen LogP contribution in [0.15, 0.2) is 18.3 Å². The number of aldehydes is 1. The summed E-state index contributed by atoms with van der Waals surface area (Å²) in [5.41, 5.74) is 0.772. The normalized spacial score (nSPS) is 18.8. The van der Waals surface area contributed by atoms with Crippen LogP contribution >= 0.6 is 0 Å². The fraction of sp³-hybridized carbons (Fsp3) is 0.583. The van der Waals surface area contributed by atoms with E-state index in [1.165, 1.54) is 0 Å². The molecule has 16 heavy (non-hydrogen) atoms. The first kappa shape index (κ1) is 11.4. The van der Waals surface area contributed by atoms with Crippen molar-refractivity contribution in [1.82, 2.24) is 14.4 Å². The number of rotatable bonds is 4. The van der Waals surface area contributed by atoms with E-state index in [0.29, 0.717) is 0 Å². The van der Waals surface area contributed by atoms with E-state index in [4.69, 9.17) is 0 Å². The second-order valence-electron chi connectivity index (χ2n) is 4.39. The van der Waals surface area contributed by atoms with Crippen LogP contribution in [0.25, 0.3) is 0 Å². The van der Waals surface area contributed by atoms with Gasteiger partial charge in [-0.15, -0.1) is 0 Å². The Morgan fingerprint density at radius 1 is 1.25 bits per heavy atom. The third kappa shape index (κ3) is 2.71. The monoisotopic (exact) mass is 221 g/mol. The van der Waals surface area contributed by atoms with Gasteiger partial charge in [-0.1, -0.05) is 0 Å². The van der Waals surface area contributed by atoms with Gasteiger partial charge >= 0.3 is 0 Å². The Balaban J connectivity index is 1.81. The average molecular weight is 221 g/mol. The van der Waals surface area contributed by atoms with Gasteiger partial charge in [0.1, 0.15) is 0 Å². The molecule has 1 aliphatic heterocycles. The molecule has 2 heterocycles. The largest absolute Gasteiger partial charge is 0.344 e. The highest BCUT2D eigenvalue weighted by Gasteiger charge is 2.13. The van der Waals surface area contributed by atoms with Gasteiger partial charge in [0.2, 0.25) is 0 Å². The van der Waals surface area contributed by atoms with Gasteiger partial charge in [-0.3, -0.25) is 9.69 Å². The molecule has 0 bridgehead atoms. The molecule has 0 saturated carbocycles. The summed E-state index contributed by atoms with van der Waals surface area (Å²) in [4.78, 5) is 15.5. The number of likely N-dealkylation sites (N-methyl/N-ethyl adjacent to an activating group) is 1. The van der Waals surface area contributed by atoms with Crippen LogP contribution in [0.2, 0.25) is 0 Å². The van der Waals surface area contributed by atoms with Gasteiger partial charge in [-0.25, -0.2) is 0 Å². The predicted octanol–water partition coefficient (Wildman–Crippen LogP) is 0.548. The molecule has 0 atom stereocenters. The second kappa shape index (κ2) is 5.27. The van der Waals surface area contributed by atoms with Crippen LogP contribution in [0.1, 0.15) is 10.5 Å². The minimum Gasteiger partial charge on any atom is -0.344 e. The van der Waals surface area contributed by atoms with Crippen molar-refractivity contribution < 1.29 is 4.79 Å². The van der Waals surface area contributed by atoms with Crippen molar-refractivity contribution in [1.29, 1.82) is 0 Å². The van der Waals surface area contributed by atoms with Crippen molar-refractivity contribution in [2.24, 2.45) is 0 Å². The Morgan fingerprint density at radius 2 is 2.00 bits per heavy atom. The fourth-order valence-corrected chi connectivity index (χ4v) is 2.06. The van der Waals surface area contributed by atoms with Crippen LogP contribution in [-0.2, 0) is 6.54 Å². The van der Waals surface area contributed by atoms with E-state index < -0.39 is 0 Å². The first-order valence-corrected chi connectivity index (χ1v) is 5.81. The van der Waals surface area contributed by atoms with E-state index in [0.717, 1.165) is 51.2 Å². The molecule has 1 aromatic rings. The fourth-order valence-electron chi connectivity index (χ4n) is 2.06. The zero-order valence-electron chi connectivity index (χ0n) is 9.80. The van der Waals surface area contributed by atoms with E-state index in [-0.39, 0.29) is 0 Å². The van der Waals surface area contributed by atoms with E-state index in [1.54, 1.807) is 0 Å². The minimum atomic E-state index is 0.772. The molecule has 2 rings (SSSR count). The summed E-state index contributed by atoms with van der Waals surface area (Å²) >= 11 is 0. The van der Waals surface area contributed by atoms with Crippen LogP contribution in [0.4, 0.5) is 0 Å². The minimum absolute atomic E-state index is 0.772. The van der Waals surface area contributed by atoms with Gasteiger partial charge in [-0.2, -0.15) is 0 Å². The topological polar surface area (TPSA) is 28.5 Å². The van der Waals surface area contributed by atoms with Gasteiger partial charge in [0.05, 0.1) is 5.69 Å². The lowest BCUT2D eigenvalue weighted by Crippen LogP contribution is -2.45. The lowest BCUT2D eigenvalue weighted by atomic mass is 10.3. The molecular weight excluding hydrogens is 202 g/mol. The molecule has 0 spiro atoms. The number of carbonyl (C=O) groups is 1. The number of hydrogen-bond acceptors (Lipinski definition) is 3. The molecule has 4 nitrogen and oxygen atoms in total. The number of hydrogen-bond donors (Lipinski definition) is 0. The smallest absolute Gasteiger partial charge is 0.166 e. The molecule has 0 N–H and O–H groups in total. The highest BCUT2D eigenvalue weighted by Crippen LogP contribution is 2.02. The summed E-state index contributed by atoms with van der Waals surface area (Å²) < 4.78 is 2.02. The lowest BCUT2D eigenvalue weighted by molar-refractivity contribution is 0.111. The second-order valence-corrected chi connectivity index (χ2v) is 4.39. The van der Waals surface area contributed by atoms with Gasteiger partial charge in [0, 0.05) is 45.5 Å². The Morgan fingerprint density at radius 3 is 2.69 bits per heavy atom. The van der Waals surface area contributed by atoms with Crippen LogP contribution < -0.4 is 0 Å². The standard InChI is InChI=1S/C12H19N3O/c1-13-5-7-14(8-6-13)9-10-15-4-2-3-12(15)11-16/h2-4,11H,5-10H2,1H3. The third-order valence-corrected chi connectivity index (χ3v) is 3.24. The summed E-state index contributed by atoms with van der Waals surface area (Å²) in [6.07, 6.45) is 2.89. The number of carbonyl (C=O) groups excluding carboxylic acids is 1. The molecule has 0 amide bonds. The molecule has 0 aliphatic carbocycles. The first-order chi connectivity index (χ1) is 7.79. The molecule has 1 saturated heterocycles. The quantitative estimate of drug-likeness (QED) is 0.695. The lowest BCUT2D eigenvalue weighted by Gasteiger charge is -2.32. The van der Waals surface area contributed by atoms with E-state index in [1.807, 2.05) is 22.9 Å². The number of piperazine rings is 1. The summed E-state index contributed by atoms with van der Waals surface area (Å²) in [6.45, 7) is 6.50. The van der Waals surface area contributed by atoms with E-state index >= 15 is 0 Å². The SMILES string of the molecule is CN1CCN(CCn2cccc2C=O)CC1. The Hall–Kier alpha value is -1.13. The van der Waals surface area contributed by atoms with Crippen molar-refractivity contribution >= 4 is 6.29 Å². The van der Waals surface area contributed by atoms with Gasteiger partial charge in [-0.05, 0) is 19.2 Å². The van der Waals surface area contributed by atoms with E-state index in [9.17, 15) is 4.79 Å². The third-order valence-electron chi connectivity index (χ3n) is 3.24. The summed E-state index contributed by atoms with van der Waals surface area (Å²) in [7, 11) is 2.16. The molecule has 1 aromatic heterocycles. The summed E-state index contributed by atoms with van der Waals surface area (Å²) in [5, 5.41) is 0. The van der Waals surface area contributed by atoms with Gasteiger partial charge < -0.3 is 9.47 Å². The van der Waals surface area contributed by atoms with E-state index in [2.05, 4.69) is 16.8 Å². The Bertz CT molecular complexity index is 340. The zero-order chi connectivity index (χ0) is 11.4. The molecule has 88 valence electrons. The summed E-state index contributed by atoms with van der Waals surface area (Å²) in [5.74, 6) is 0. The average Bonchev–Trinajstić information content (AvgIpc) is 2.76. The Labute approximate surface area is 96.4 Å². The van der Waals surface area contributed by atoms with Crippen molar-refractivity contribution in [3.8, 4) is 0 Å². The summed E-state index contributed by atoms with van der Waals surface area (Å²) in [6, 6.07) is 3.78. The van der Waals surface area contributed by atoms with Gasteiger partial charge in [0.15, 0.2) is 6.29 Å². The molecule has 1 aliphatic rings. The molecule has 0 unspecified atom stereocenters. The van der Waals surface area contributed by atoms with Crippen molar-refractivity contribution in [2.75, 3.05) is 39.8 Å². The molecular formula is C12H19N3O. The molecule has 1 fully saturated rings. The van der Waals surface area contributed by atoms with Crippen LogP contribution in [0.5, 0.6) is 0 Å². The molecule has 0 aromatic carbocycles. The van der Waals surface area contributed by atoms with Gasteiger partial charge in [0.25, 0.3) is 0 Å². The first-order valence-electron chi connectivity index (χ1n) is 5.81. The maximum atomic E-state index is 10.7. The predicted molar refractivity (Wildman–Crippen MR) is 63.8 cm³/mol. The van der Waals surface area contributed by atoms with Crippen molar-refractivity contribution in [3.63, 3.8) is 0 Å². The van der Waals surface area contributed by atoms with Crippen LogP contribution in [-0.4, -0.2) is 60.4 Å². The Kier molecular flexibility index (Phi) is 3.74. The number of aromatic nitrogens is 1. The van der Waals surface area contributed by atoms with Crippen LogP contribution in [0, 0.1) is 0 Å². The highest BCUT2D eigenvalue weighted by atomic mass is 16.1.